The van der Waals surface area contributed by atoms with E-state index in [1.165, 1.54) is 38.5 Å². The molecule has 0 aliphatic carbocycles. The predicted molar refractivity (Wildman–Crippen MR) is 108 cm³/mol. The highest BCUT2D eigenvalue weighted by Crippen LogP contribution is 2.38. The molecule has 0 unspecified atom stereocenters. The van der Waals surface area contributed by atoms with Crippen molar-refractivity contribution in [2.75, 3.05) is 36.9 Å². The van der Waals surface area contributed by atoms with Gasteiger partial charge in [0.1, 0.15) is 16.4 Å². The lowest BCUT2D eigenvalue weighted by Crippen LogP contribution is -2.30. The van der Waals surface area contributed by atoms with E-state index < -0.39 is 21.8 Å². The number of halogens is 3. The van der Waals surface area contributed by atoms with Crippen molar-refractivity contribution in [2.45, 2.75) is 30.3 Å². The molecule has 0 amide bonds. The Kier molecular flexibility index (Phi) is 6.35. The number of methoxy groups -OCH3 is 2. The van der Waals surface area contributed by atoms with Gasteiger partial charge in [-0.3, -0.25) is 4.72 Å². The first-order chi connectivity index (χ1) is 14.2. The summed E-state index contributed by atoms with van der Waals surface area (Å²) in [7, 11) is -1.57. The Hall–Kier alpha value is -2.62. The van der Waals surface area contributed by atoms with Crippen LogP contribution in [0.15, 0.2) is 41.3 Å². The third-order valence-electron chi connectivity index (χ3n) is 4.93. The molecule has 6 nitrogen and oxygen atoms in total. The van der Waals surface area contributed by atoms with E-state index in [1.807, 2.05) is 4.90 Å². The first-order valence-electron chi connectivity index (χ1n) is 9.37. The first-order valence-corrected chi connectivity index (χ1v) is 10.8. The fourth-order valence-electron chi connectivity index (χ4n) is 3.40. The normalized spacial score (nSPS) is 15.0. The lowest BCUT2D eigenvalue weighted by molar-refractivity contribution is -0.137. The van der Waals surface area contributed by atoms with E-state index in [9.17, 15) is 21.6 Å². The van der Waals surface area contributed by atoms with E-state index in [0.717, 1.165) is 31.4 Å². The van der Waals surface area contributed by atoms with E-state index in [4.69, 9.17) is 9.47 Å². The van der Waals surface area contributed by atoms with Crippen LogP contribution >= 0.6 is 0 Å². The van der Waals surface area contributed by atoms with Crippen molar-refractivity contribution in [2.24, 2.45) is 0 Å². The number of hydrogen-bond acceptors (Lipinski definition) is 5. The quantitative estimate of drug-likeness (QED) is 0.710. The van der Waals surface area contributed by atoms with Gasteiger partial charge in [0.25, 0.3) is 10.0 Å². The Bertz CT molecular complexity index is 1000. The average Bonchev–Trinajstić information content (AvgIpc) is 2.73. The zero-order valence-corrected chi connectivity index (χ0v) is 17.4. The van der Waals surface area contributed by atoms with Crippen LogP contribution in [-0.4, -0.2) is 35.7 Å². The molecule has 30 heavy (non-hydrogen) atoms. The molecule has 1 N–H and O–H groups in total. The minimum Gasteiger partial charge on any atom is -0.497 e. The van der Waals surface area contributed by atoms with Gasteiger partial charge in [0.05, 0.1) is 31.2 Å². The molecule has 0 aromatic heterocycles. The van der Waals surface area contributed by atoms with Gasteiger partial charge in [0, 0.05) is 19.2 Å². The van der Waals surface area contributed by atoms with E-state index >= 15 is 0 Å². The van der Waals surface area contributed by atoms with Crippen LogP contribution in [0.3, 0.4) is 0 Å². The number of anilines is 2. The van der Waals surface area contributed by atoms with Crippen molar-refractivity contribution >= 4 is 21.4 Å². The van der Waals surface area contributed by atoms with E-state index in [-0.39, 0.29) is 22.1 Å². The average molecular weight is 444 g/mol. The second-order valence-corrected chi connectivity index (χ2v) is 8.55. The molecule has 10 heteroatoms. The number of nitrogens with one attached hydrogen (secondary N) is 1. The number of ether oxygens (including phenoxy) is 2. The van der Waals surface area contributed by atoms with Crippen molar-refractivity contribution in [3.05, 3.63) is 42.0 Å². The number of nitrogens with zero attached hydrogens (tertiary/aromatic N) is 1. The largest absolute Gasteiger partial charge is 0.497 e. The van der Waals surface area contributed by atoms with E-state index in [1.54, 1.807) is 0 Å². The molecular formula is C20H23F3N2O4S. The van der Waals surface area contributed by atoms with Gasteiger partial charge in [0.2, 0.25) is 0 Å². The monoisotopic (exact) mass is 444 g/mol. The molecule has 1 fully saturated rings. The summed E-state index contributed by atoms with van der Waals surface area (Å²) in [6, 6.07) is 7.32. The molecule has 0 saturated carbocycles. The lowest BCUT2D eigenvalue weighted by atomic mass is 10.1. The van der Waals surface area contributed by atoms with Crippen LogP contribution < -0.4 is 19.1 Å². The molecule has 164 valence electrons. The van der Waals surface area contributed by atoms with Crippen molar-refractivity contribution in [3.8, 4) is 11.5 Å². The second kappa shape index (κ2) is 8.63. The maximum absolute atomic E-state index is 13.3. The summed E-state index contributed by atoms with van der Waals surface area (Å²) in [6.07, 6.45) is -1.80. The van der Waals surface area contributed by atoms with Crippen LogP contribution in [-0.2, 0) is 16.2 Å². The summed E-state index contributed by atoms with van der Waals surface area (Å²) < 4.78 is 78.6. The molecule has 3 rings (SSSR count). The zero-order chi connectivity index (χ0) is 21.9. The molecule has 0 radical (unpaired) electrons. The van der Waals surface area contributed by atoms with Crippen LogP contribution in [0.4, 0.5) is 24.5 Å². The van der Waals surface area contributed by atoms with Crippen molar-refractivity contribution in [1.29, 1.82) is 0 Å². The summed E-state index contributed by atoms with van der Waals surface area (Å²) in [5, 5.41) is 0. The maximum atomic E-state index is 13.3. The van der Waals surface area contributed by atoms with Crippen molar-refractivity contribution in [1.82, 2.24) is 0 Å². The molecule has 0 atom stereocenters. The van der Waals surface area contributed by atoms with E-state index in [2.05, 4.69) is 4.72 Å². The summed E-state index contributed by atoms with van der Waals surface area (Å²) in [6.45, 7) is 1.28. The Labute approximate surface area is 173 Å². The Balaban J connectivity index is 2.07. The van der Waals surface area contributed by atoms with Gasteiger partial charge in [-0.2, -0.15) is 13.2 Å². The summed E-state index contributed by atoms with van der Waals surface area (Å²) in [5.41, 5.74) is -0.650. The van der Waals surface area contributed by atoms with Gasteiger partial charge >= 0.3 is 6.18 Å². The number of alkyl halides is 3. The highest BCUT2D eigenvalue weighted by Gasteiger charge is 2.32. The van der Waals surface area contributed by atoms with E-state index in [0.29, 0.717) is 18.8 Å². The minimum atomic E-state index is -4.60. The number of hydrogen-bond donors (Lipinski definition) is 1. The third-order valence-corrected chi connectivity index (χ3v) is 6.31. The molecule has 0 bridgehead atoms. The number of benzene rings is 2. The predicted octanol–water partition coefficient (Wildman–Crippen LogP) is 4.51. The number of sulfonamides is 1. The highest BCUT2D eigenvalue weighted by atomic mass is 32.2. The Morgan fingerprint density at radius 3 is 2.27 bits per heavy atom. The summed E-state index contributed by atoms with van der Waals surface area (Å²) >= 11 is 0. The summed E-state index contributed by atoms with van der Waals surface area (Å²) in [4.78, 5) is 1.66. The highest BCUT2D eigenvalue weighted by molar-refractivity contribution is 7.92. The molecule has 1 heterocycles. The van der Waals surface area contributed by atoms with Gasteiger partial charge in [-0.1, -0.05) is 0 Å². The molecule has 0 spiro atoms. The smallest absolute Gasteiger partial charge is 0.416 e. The molecule has 1 saturated heterocycles. The van der Waals surface area contributed by atoms with Gasteiger partial charge in [-0.05, 0) is 49.6 Å². The SMILES string of the molecule is COc1ccc(OC)c(S(=O)(=O)Nc2cc(C(F)(F)F)ccc2N2CCCCC2)c1. The van der Waals surface area contributed by atoms with Crippen LogP contribution in [0.2, 0.25) is 0 Å². The Morgan fingerprint density at radius 1 is 0.967 bits per heavy atom. The standard InChI is InChI=1S/C20H23F3N2O4S/c1-28-15-7-9-18(29-2)19(13-15)30(26,27)24-16-12-14(20(21,22)23)6-8-17(16)25-10-4-3-5-11-25/h6-9,12-13,24H,3-5,10-11H2,1-2H3. The Morgan fingerprint density at radius 2 is 1.67 bits per heavy atom. The summed E-state index contributed by atoms with van der Waals surface area (Å²) in [5.74, 6) is 0.325. The van der Waals surface area contributed by atoms with Crippen molar-refractivity contribution in [3.63, 3.8) is 0 Å². The van der Waals surface area contributed by atoms with Crippen LogP contribution in [0, 0.1) is 0 Å². The van der Waals surface area contributed by atoms with Gasteiger partial charge < -0.3 is 14.4 Å². The van der Waals surface area contributed by atoms with Gasteiger partial charge in [0.15, 0.2) is 0 Å². The lowest BCUT2D eigenvalue weighted by Gasteiger charge is -2.31. The van der Waals surface area contributed by atoms with Gasteiger partial charge in [-0.15, -0.1) is 0 Å². The topological polar surface area (TPSA) is 67.9 Å². The second-order valence-electron chi connectivity index (χ2n) is 6.90. The minimum absolute atomic E-state index is 0.0507. The van der Waals surface area contributed by atoms with Crippen LogP contribution in [0.1, 0.15) is 24.8 Å². The maximum Gasteiger partial charge on any atom is 0.416 e. The first kappa shape index (κ1) is 22.1. The van der Waals surface area contributed by atoms with Gasteiger partial charge in [-0.25, -0.2) is 8.42 Å². The molecular weight excluding hydrogens is 421 g/mol. The fourth-order valence-corrected chi connectivity index (χ4v) is 4.65. The fraction of sp³-hybridized carbons (Fsp3) is 0.400. The number of rotatable bonds is 6. The third kappa shape index (κ3) is 4.75. The zero-order valence-electron chi connectivity index (χ0n) is 16.6. The molecule has 1 aliphatic rings. The molecule has 2 aromatic carbocycles. The molecule has 2 aromatic rings. The molecule has 1 aliphatic heterocycles. The van der Waals surface area contributed by atoms with Crippen LogP contribution in [0.25, 0.3) is 0 Å². The number of piperidine rings is 1. The van der Waals surface area contributed by atoms with Crippen molar-refractivity contribution < 1.29 is 31.1 Å². The van der Waals surface area contributed by atoms with Crippen LogP contribution in [0.5, 0.6) is 11.5 Å².